The van der Waals surface area contributed by atoms with Crippen molar-refractivity contribution in [3.63, 3.8) is 0 Å². The lowest BCUT2D eigenvalue weighted by Gasteiger charge is -2.26. The van der Waals surface area contributed by atoms with Crippen LogP contribution >= 0.6 is 0 Å². The molecular weight excluding hydrogens is 1460 g/mol. The van der Waals surface area contributed by atoms with Crippen molar-refractivity contribution in [1.29, 1.82) is 0 Å². The summed E-state index contributed by atoms with van der Waals surface area (Å²) in [4.78, 5) is 6.99. The van der Waals surface area contributed by atoms with Crippen LogP contribution in [-0.4, -0.2) is 0 Å². The molecule has 6 heteroatoms. The van der Waals surface area contributed by atoms with E-state index in [9.17, 15) is 0 Å². The Labute approximate surface area is 695 Å². The molecule has 0 amide bonds. The molecule has 0 bridgehead atoms. The first-order valence-corrected chi connectivity index (χ1v) is 40.8. The molecule has 0 radical (unpaired) electrons. The van der Waals surface area contributed by atoms with Crippen LogP contribution in [0.15, 0.2) is 468 Å². The highest BCUT2D eigenvalue weighted by Gasteiger charge is 2.23. The van der Waals surface area contributed by atoms with Gasteiger partial charge in [-0.3, -0.25) is 0 Å². The zero-order valence-electron chi connectivity index (χ0n) is 65.4. The molecular formula is C114H75N3O3. The minimum atomic E-state index is 0.859. The van der Waals surface area contributed by atoms with Gasteiger partial charge < -0.3 is 28.0 Å². The maximum atomic E-state index is 6.80. The molecule has 0 N–H and O–H groups in total. The van der Waals surface area contributed by atoms with E-state index >= 15 is 0 Å². The maximum Gasteiger partial charge on any atom is 0.143 e. The highest BCUT2D eigenvalue weighted by atomic mass is 16.3. The van der Waals surface area contributed by atoms with Gasteiger partial charge in [-0.05, 0) is 223 Å². The second-order valence-corrected chi connectivity index (χ2v) is 30.7. The number of anilines is 9. The molecule has 0 aliphatic heterocycles. The molecule has 22 aromatic rings. The van der Waals surface area contributed by atoms with E-state index in [1.54, 1.807) is 0 Å². The summed E-state index contributed by atoms with van der Waals surface area (Å²) in [6.45, 7) is 0. The Kier molecular flexibility index (Phi) is 17.8. The summed E-state index contributed by atoms with van der Waals surface area (Å²) in [6, 6.07) is 163. The van der Waals surface area contributed by atoms with Crippen LogP contribution in [0.2, 0.25) is 0 Å². The Hall–Kier alpha value is -16.0. The van der Waals surface area contributed by atoms with Crippen LogP contribution in [0, 0.1) is 0 Å². The molecule has 19 aromatic carbocycles. The van der Waals surface area contributed by atoms with Crippen molar-refractivity contribution in [2.24, 2.45) is 0 Å². The molecule has 120 heavy (non-hydrogen) atoms. The molecule has 0 fully saturated rings. The van der Waals surface area contributed by atoms with Gasteiger partial charge in [0.05, 0.1) is 0 Å². The van der Waals surface area contributed by atoms with Crippen LogP contribution in [0.5, 0.6) is 0 Å². The van der Waals surface area contributed by atoms with Crippen LogP contribution < -0.4 is 14.7 Å². The topological polar surface area (TPSA) is 49.1 Å². The quantitative estimate of drug-likeness (QED) is 0.0853. The molecule has 0 saturated heterocycles. The highest BCUT2D eigenvalue weighted by molar-refractivity contribution is 6.13. The summed E-state index contributed by atoms with van der Waals surface area (Å²) in [5, 5.41) is 6.63. The van der Waals surface area contributed by atoms with Crippen LogP contribution in [0.4, 0.5) is 51.2 Å². The van der Waals surface area contributed by atoms with E-state index in [-0.39, 0.29) is 0 Å². The van der Waals surface area contributed by atoms with Gasteiger partial charge in [0.25, 0.3) is 0 Å². The number of para-hydroxylation sites is 7. The van der Waals surface area contributed by atoms with Gasteiger partial charge in [-0.25, -0.2) is 0 Å². The standard InChI is InChI=1S/C114H75N3O3/c1-4-19-76(20-5-1)77-37-39-80(40-38-77)82-53-65-97(66-54-82)117(99-26-16-21-89(73-99)101-31-18-33-106-103-28-11-14-35-110(103)119-113(101)106)98-67-55-83(56-68-98)81-43-41-78(42-44-81)79-45-47-86(48-46-79)90-74-107(114-108(75-90)104-29-12-15-36-111(104)120-114)88-59-71-96(72-60-88)116(92-24-8-3-9-25-92)94-63-51-85(52-64-94)84-49-61-93(62-50-84)115(91-22-6-2-7-23-91)95-69-57-87(58-70-95)100-30-17-32-105-102-27-10-13-34-109(102)118-112(100)105/h1-75H. The molecule has 0 atom stereocenters. The number of hydrogen-bond acceptors (Lipinski definition) is 6. The zero-order valence-corrected chi connectivity index (χ0v) is 65.4. The predicted octanol–water partition coefficient (Wildman–Crippen LogP) is 32.8. The number of furan rings is 3. The zero-order chi connectivity index (χ0) is 79.4. The van der Waals surface area contributed by atoms with Crippen LogP contribution in [-0.2, 0) is 0 Å². The molecule has 6 nitrogen and oxygen atoms in total. The van der Waals surface area contributed by atoms with Crippen molar-refractivity contribution in [3.8, 4) is 100 Å². The molecule has 0 saturated carbocycles. The molecule has 22 rings (SSSR count). The summed E-state index contributed by atoms with van der Waals surface area (Å²) >= 11 is 0. The summed E-state index contributed by atoms with van der Waals surface area (Å²) in [7, 11) is 0. The Morgan fingerprint density at radius 2 is 0.358 bits per heavy atom. The third-order valence-corrected chi connectivity index (χ3v) is 23.5. The Morgan fingerprint density at radius 1 is 0.125 bits per heavy atom. The third-order valence-electron chi connectivity index (χ3n) is 23.5. The first-order chi connectivity index (χ1) is 59.4. The van der Waals surface area contributed by atoms with Gasteiger partial charge in [-0.1, -0.05) is 315 Å². The van der Waals surface area contributed by atoms with Gasteiger partial charge in [-0.2, -0.15) is 0 Å². The van der Waals surface area contributed by atoms with Crippen molar-refractivity contribution in [3.05, 3.63) is 455 Å². The Balaban J connectivity index is 0.521. The van der Waals surface area contributed by atoms with Crippen molar-refractivity contribution in [2.45, 2.75) is 0 Å². The van der Waals surface area contributed by atoms with Crippen molar-refractivity contribution < 1.29 is 13.3 Å². The molecule has 0 unspecified atom stereocenters. The second-order valence-electron chi connectivity index (χ2n) is 30.7. The number of nitrogens with zero attached hydrogens (tertiary/aromatic N) is 3. The lowest BCUT2D eigenvalue weighted by molar-refractivity contribution is 0.669. The summed E-state index contributed by atoms with van der Waals surface area (Å²) in [5.74, 6) is 0. The Morgan fingerprint density at radius 3 is 0.733 bits per heavy atom. The van der Waals surface area contributed by atoms with E-state index < -0.39 is 0 Å². The van der Waals surface area contributed by atoms with Gasteiger partial charge in [0.2, 0.25) is 0 Å². The lowest BCUT2D eigenvalue weighted by atomic mass is 9.94. The normalized spacial score (nSPS) is 11.5. The molecule has 0 aliphatic carbocycles. The van der Waals surface area contributed by atoms with E-state index in [0.29, 0.717) is 0 Å². The van der Waals surface area contributed by atoms with Crippen molar-refractivity contribution in [2.75, 3.05) is 14.7 Å². The predicted molar refractivity (Wildman–Crippen MR) is 501 cm³/mol. The number of rotatable bonds is 18. The Bertz CT molecular complexity index is 7490. The SMILES string of the molecule is c1ccc(-c2ccc(-c3ccc(N(c4ccc(-c5ccc(-c6ccc(-c7cc(-c8ccc(N(c9ccccc9)c9ccc(-c%10ccc(N(c%11ccccc%11)c%11ccc(-c%12cccc%13c%12oc%12ccccc%12%13)cc%11)cc%10)cc9)cc8)c8oc9ccccc9c8c7)cc6)cc5)cc4)c4cccc(-c5cccc6c5oc5ccccc56)c4)cc3)cc2)cc1. The first kappa shape index (κ1) is 70.6. The molecule has 0 aliphatic rings. The summed E-state index contributed by atoms with van der Waals surface area (Å²) < 4.78 is 19.8. The number of hydrogen-bond donors (Lipinski definition) is 0. The highest BCUT2D eigenvalue weighted by Crippen LogP contribution is 2.47. The van der Waals surface area contributed by atoms with Gasteiger partial charge >= 0.3 is 0 Å². The summed E-state index contributed by atoms with van der Waals surface area (Å²) in [6.07, 6.45) is 0. The minimum absolute atomic E-state index is 0.859. The monoisotopic (exact) mass is 1530 g/mol. The largest absolute Gasteiger partial charge is 0.455 e. The fourth-order valence-electron chi connectivity index (χ4n) is 17.5. The first-order valence-electron chi connectivity index (χ1n) is 40.8. The van der Waals surface area contributed by atoms with E-state index in [1.807, 2.05) is 30.3 Å². The fraction of sp³-hybridized carbons (Fsp3) is 0. The van der Waals surface area contributed by atoms with E-state index in [2.05, 4.69) is 439 Å². The average Bonchev–Trinajstić information content (AvgIpc) is 1.59. The molecule has 564 valence electrons. The average molecular weight is 1530 g/mol. The van der Waals surface area contributed by atoms with Crippen LogP contribution in [0.25, 0.3) is 166 Å². The van der Waals surface area contributed by atoms with Gasteiger partial charge in [-0.15, -0.1) is 0 Å². The second kappa shape index (κ2) is 30.3. The van der Waals surface area contributed by atoms with Gasteiger partial charge in [0, 0.05) is 100 Å². The van der Waals surface area contributed by atoms with E-state index in [4.69, 9.17) is 13.3 Å². The van der Waals surface area contributed by atoms with Crippen LogP contribution in [0.3, 0.4) is 0 Å². The van der Waals surface area contributed by atoms with Gasteiger partial charge in [0.1, 0.15) is 33.5 Å². The summed E-state index contributed by atoms with van der Waals surface area (Å²) in [5.41, 5.74) is 34.9. The third kappa shape index (κ3) is 13.2. The molecule has 3 heterocycles. The van der Waals surface area contributed by atoms with Crippen molar-refractivity contribution >= 4 is 117 Å². The van der Waals surface area contributed by atoms with Crippen molar-refractivity contribution in [1.82, 2.24) is 0 Å². The minimum Gasteiger partial charge on any atom is -0.455 e. The van der Waals surface area contributed by atoms with E-state index in [1.165, 1.54) is 16.7 Å². The number of benzene rings is 19. The van der Waals surface area contributed by atoms with Gasteiger partial charge in [0.15, 0.2) is 0 Å². The van der Waals surface area contributed by atoms with Crippen LogP contribution in [0.1, 0.15) is 0 Å². The molecule has 3 aromatic heterocycles. The fourth-order valence-corrected chi connectivity index (χ4v) is 17.5. The van der Waals surface area contributed by atoms with E-state index in [0.717, 1.165) is 200 Å². The number of fused-ring (bicyclic) bond motifs is 9. The maximum absolute atomic E-state index is 6.80. The lowest BCUT2D eigenvalue weighted by Crippen LogP contribution is -2.10. The molecule has 0 spiro atoms. The smallest absolute Gasteiger partial charge is 0.143 e.